The quantitative estimate of drug-likeness (QED) is 0.589. The summed E-state index contributed by atoms with van der Waals surface area (Å²) in [6.07, 6.45) is 1.48. The molecule has 0 saturated carbocycles. The molecule has 1 aromatic heterocycles. The van der Waals surface area contributed by atoms with Gasteiger partial charge in [0, 0.05) is 11.2 Å². The zero-order valence-corrected chi connectivity index (χ0v) is 14.0. The fourth-order valence-electron chi connectivity index (χ4n) is 1.72. The van der Waals surface area contributed by atoms with E-state index in [0.717, 1.165) is 0 Å². The maximum absolute atomic E-state index is 12.0. The van der Waals surface area contributed by atoms with E-state index < -0.39 is 0 Å². The van der Waals surface area contributed by atoms with Gasteiger partial charge in [-0.3, -0.25) is 14.2 Å². The van der Waals surface area contributed by atoms with Crippen molar-refractivity contribution in [3.63, 3.8) is 0 Å². The normalized spacial score (nSPS) is 10.4. The zero-order valence-electron chi connectivity index (χ0n) is 11.1. The standard InChI is InChI=1S/C13H12ClIN4O2/c1-7-17-5-9(15)13(21)19(7)6-12(20)18-11-3-2-8(14)4-10(11)16/h2-5H,6,16H2,1H3,(H,18,20). The van der Waals surface area contributed by atoms with E-state index in [-0.39, 0.29) is 18.0 Å². The van der Waals surface area contributed by atoms with E-state index in [1.54, 1.807) is 25.1 Å². The van der Waals surface area contributed by atoms with E-state index in [9.17, 15) is 9.59 Å². The first kappa shape index (κ1) is 15.8. The van der Waals surface area contributed by atoms with Crippen LogP contribution in [0.25, 0.3) is 0 Å². The fraction of sp³-hybridized carbons (Fsp3) is 0.154. The highest BCUT2D eigenvalue weighted by Crippen LogP contribution is 2.22. The van der Waals surface area contributed by atoms with Gasteiger partial charge < -0.3 is 11.1 Å². The molecule has 2 rings (SSSR count). The number of hydrogen-bond acceptors (Lipinski definition) is 4. The van der Waals surface area contributed by atoms with Gasteiger partial charge in [0.25, 0.3) is 5.56 Å². The first-order valence-electron chi connectivity index (χ1n) is 5.95. The van der Waals surface area contributed by atoms with Crippen LogP contribution in [0.1, 0.15) is 5.82 Å². The Morgan fingerprint density at radius 1 is 1.52 bits per heavy atom. The summed E-state index contributed by atoms with van der Waals surface area (Å²) in [4.78, 5) is 28.1. The van der Waals surface area contributed by atoms with Gasteiger partial charge in [-0.1, -0.05) is 11.6 Å². The summed E-state index contributed by atoms with van der Waals surface area (Å²) >= 11 is 7.68. The number of carbonyl (C=O) groups excluding carboxylic acids is 1. The lowest BCUT2D eigenvalue weighted by atomic mass is 10.2. The molecule has 0 aliphatic heterocycles. The number of nitrogens with two attached hydrogens (primary N) is 1. The van der Waals surface area contributed by atoms with Crippen molar-refractivity contribution in [3.05, 3.63) is 49.2 Å². The molecule has 8 heteroatoms. The highest BCUT2D eigenvalue weighted by Gasteiger charge is 2.11. The lowest BCUT2D eigenvalue weighted by Crippen LogP contribution is -2.31. The molecule has 0 fully saturated rings. The van der Waals surface area contributed by atoms with Crippen LogP contribution < -0.4 is 16.6 Å². The molecule has 1 amide bonds. The maximum atomic E-state index is 12.0. The minimum absolute atomic E-state index is 0.128. The number of nitrogen functional groups attached to an aromatic ring is 1. The number of aromatic nitrogens is 2. The number of amides is 1. The minimum atomic E-state index is -0.363. The Morgan fingerprint density at radius 3 is 2.90 bits per heavy atom. The van der Waals surface area contributed by atoms with E-state index in [1.807, 2.05) is 22.6 Å². The van der Waals surface area contributed by atoms with Crippen LogP contribution in [0.4, 0.5) is 11.4 Å². The number of carbonyl (C=O) groups is 1. The summed E-state index contributed by atoms with van der Waals surface area (Å²) in [5.41, 5.74) is 6.33. The highest BCUT2D eigenvalue weighted by molar-refractivity contribution is 14.1. The first-order chi connectivity index (χ1) is 9.88. The lowest BCUT2D eigenvalue weighted by Gasteiger charge is -2.11. The largest absolute Gasteiger partial charge is 0.397 e. The van der Waals surface area contributed by atoms with E-state index in [0.29, 0.717) is 25.8 Å². The fourth-order valence-corrected chi connectivity index (χ4v) is 2.33. The van der Waals surface area contributed by atoms with Crippen molar-refractivity contribution in [1.82, 2.24) is 9.55 Å². The summed E-state index contributed by atoms with van der Waals surface area (Å²) in [6, 6.07) is 4.78. The van der Waals surface area contributed by atoms with Crippen molar-refractivity contribution in [1.29, 1.82) is 0 Å². The highest BCUT2D eigenvalue weighted by atomic mass is 127. The van der Waals surface area contributed by atoms with Gasteiger partial charge in [-0.15, -0.1) is 0 Å². The Balaban J connectivity index is 2.20. The van der Waals surface area contributed by atoms with Crippen LogP contribution in [0.2, 0.25) is 5.02 Å². The third-order valence-electron chi connectivity index (χ3n) is 2.79. The molecule has 1 heterocycles. The molecule has 0 aliphatic rings. The van der Waals surface area contributed by atoms with Crippen LogP contribution in [0.15, 0.2) is 29.2 Å². The number of halogens is 2. The number of nitrogens with zero attached hydrogens (tertiary/aromatic N) is 2. The molecule has 0 saturated heterocycles. The molecule has 0 unspecified atom stereocenters. The summed E-state index contributed by atoms with van der Waals surface area (Å²) in [6.45, 7) is 1.54. The van der Waals surface area contributed by atoms with E-state index in [1.165, 1.54) is 10.8 Å². The molecular weight excluding hydrogens is 407 g/mol. The van der Waals surface area contributed by atoms with Gasteiger partial charge in [0.15, 0.2) is 0 Å². The van der Waals surface area contributed by atoms with Gasteiger partial charge in [0.05, 0.1) is 14.9 Å². The minimum Gasteiger partial charge on any atom is -0.397 e. The Hall–Kier alpha value is -1.61. The molecule has 6 nitrogen and oxygen atoms in total. The van der Waals surface area contributed by atoms with Crippen LogP contribution in [0.5, 0.6) is 0 Å². The molecule has 110 valence electrons. The summed E-state index contributed by atoms with van der Waals surface area (Å²) in [5.74, 6) is 0.109. The van der Waals surface area contributed by atoms with Crippen LogP contribution in [0, 0.1) is 10.5 Å². The lowest BCUT2D eigenvalue weighted by molar-refractivity contribution is -0.116. The smallest absolute Gasteiger partial charge is 0.267 e. The Bertz CT molecular complexity index is 760. The molecular formula is C13H12ClIN4O2. The van der Waals surface area contributed by atoms with Crippen LogP contribution >= 0.6 is 34.2 Å². The zero-order chi connectivity index (χ0) is 15.6. The number of nitrogens with one attached hydrogen (secondary N) is 1. The molecule has 0 aliphatic carbocycles. The third-order valence-corrected chi connectivity index (χ3v) is 3.77. The molecule has 0 bridgehead atoms. The Morgan fingerprint density at radius 2 is 2.24 bits per heavy atom. The molecule has 0 radical (unpaired) electrons. The van der Waals surface area contributed by atoms with E-state index in [2.05, 4.69) is 10.3 Å². The summed E-state index contributed by atoms with van der Waals surface area (Å²) < 4.78 is 1.76. The average Bonchev–Trinajstić information content (AvgIpc) is 2.42. The van der Waals surface area contributed by atoms with Crippen molar-refractivity contribution in [3.8, 4) is 0 Å². The summed E-state index contributed by atoms with van der Waals surface area (Å²) in [5, 5.41) is 3.13. The molecule has 2 aromatic rings. The first-order valence-corrected chi connectivity index (χ1v) is 7.41. The van der Waals surface area contributed by atoms with Crippen LogP contribution in [-0.4, -0.2) is 15.5 Å². The Kier molecular flexibility index (Phi) is 4.84. The van der Waals surface area contributed by atoms with Gasteiger partial charge in [-0.2, -0.15) is 0 Å². The van der Waals surface area contributed by atoms with Crippen LogP contribution in [0.3, 0.4) is 0 Å². The van der Waals surface area contributed by atoms with Crippen molar-refractivity contribution in [2.45, 2.75) is 13.5 Å². The molecule has 0 atom stereocenters. The van der Waals surface area contributed by atoms with Gasteiger partial charge in [0.1, 0.15) is 12.4 Å². The second kappa shape index (κ2) is 6.44. The predicted octanol–water partition coefficient (Wildman–Crippen LogP) is 2.03. The van der Waals surface area contributed by atoms with Crippen molar-refractivity contribution in [2.75, 3.05) is 11.1 Å². The van der Waals surface area contributed by atoms with Gasteiger partial charge in [-0.05, 0) is 47.7 Å². The van der Waals surface area contributed by atoms with Crippen molar-refractivity contribution < 1.29 is 4.79 Å². The summed E-state index contributed by atoms with van der Waals surface area (Å²) in [7, 11) is 0. The van der Waals surface area contributed by atoms with Crippen molar-refractivity contribution >= 4 is 51.5 Å². The maximum Gasteiger partial charge on any atom is 0.267 e. The topological polar surface area (TPSA) is 90.0 Å². The van der Waals surface area contributed by atoms with Gasteiger partial charge in [0.2, 0.25) is 5.91 Å². The number of aryl methyl sites for hydroxylation is 1. The monoisotopic (exact) mass is 418 g/mol. The number of benzene rings is 1. The van der Waals surface area contributed by atoms with Gasteiger partial charge in [-0.25, -0.2) is 4.98 Å². The van der Waals surface area contributed by atoms with E-state index in [4.69, 9.17) is 17.3 Å². The molecule has 0 spiro atoms. The predicted molar refractivity (Wildman–Crippen MR) is 90.4 cm³/mol. The van der Waals surface area contributed by atoms with Crippen molar-refractivity contribution in [2.24, 2.45) is 0 Å². The Labute approximate surface area is 139 Å². The second-order valence-electron chi connectivity index (χ2n) is 4.32. The molecule has 3 N–H and O–H groups in total. The van der Waals surface area contributed by atoms with Crippen LogP contribution in [-0.2, 0) is 11.3 Å². The van der Waals surface area contributed by atoms with E-state index >= 15 is 0 Å². The number of hydrogen-bond donors (Lipinski definition) is 2. The molecule has 1 aromatic carbocycles. The number of anilines is 2. The average molecular weight is 419 g/mol. The SMILES string of the molecule is Cc1ncc(I)c(=O)n1CC(=O)Nc1ccc(Cl)cc1N. The van der Waals surface area contributed by atoms with Gasteiger partial charge >= 0.3 is 0 Å². The molecule has 21 heavy (non-hydrogen) atoms. The second-order valence-corrected chi connectivity index (χ2v) is 5.92. The third kappa shape index (κ3) is 3.73. The number of rotatable bonds is 3.